The van der Waals surface area contributed by atoms with Crippen molar-refractivity contribution in [3.05, 3.63) is 30.1 Å². The van der Waals surface area contributed by atoms with Crippen molar-refractivity contribution >= 4 is 5.78 Å². The van der Waals surface area contributed by atoms with Gasteiger partial charge in [-0.15, -0.1) is 0 Å². The van der Waals surface area contributed by atoms with Crippen molar-refractivity contribution < 1.29 is 4.79 Å². The summed E-state index contributed by atoms with van der Waals surface area (Å²) in [6.45, 7) is 0.900. The van der Waals surface area contributed by atoms with Crippen LogP contribution in [0.2, 0.25) is 0 Å². The molecule has 2 rings (SSSR count). The summed E-state index contributed by atoms with van der Waals surface area (Å²) in [6, 6.07) is 6.04. The summed E-state index contributed by atoms with van der Waals surface area (Å²) in [5.41, 5.74) is 1.18. The number of Topliss-reactive ketones (excluding diaryl/α,β-unsaturated/α-hetero) is 1. The zero-order chi connectivity index (χ0) is 11.4. The van der Waals surface area contributed by atoms with E-state index in [2.05, 4.69) is 16.4 Å². The Bertz CT molecular complexity index is 351. The molecule has 0 atom stereocenters. The molecule has 1 aliphatic rings. The Kier molecular flexibility index (Phi) is 3.34. The van der Waals surface area contributed by atoms with Crippen LogP contribution in [0, 0.1) is 0 Å². The van der Waals surface area contributed by atoms with Crippen LogP contribution < -0.4 is 5.32 Å². The van der Waals surface area contributed by atoms with Gasteiger partial charge in [0.15, 0.2) is 0 Å². The van der Waals surface area contributed by atoms with E-state index in [4.69, 9.17) is 0 Å². The Morgan fingerprint density at radius 3 is 2.69 bits per heavy atom. The number of aromatic nitrogens is 1. The summed E-state index contributed by atoms with van der Waals surface area (Å²) in [5, 5.41) is 3.24. The molecule has 0 bridgehead atoms. The van der Waals surface area contributed by atoms with Gasteiger partial charge in [0.25, 0.3) is 0 Å². The molecule has 0 spiro atoms. The van der Waals surface area contributed by atoms with Crippen LogP contribution in [0.3, 0.4) is 0 Å². The van der Waals surface area contributed by atoms with Crippen LogP contribution in [-0.2, 0) is 10.2 Å². The number of nitrogens with zero attached hydrogens (tertiary/aromatic N) is 1. The van der Waals surface area contributed by atoms with Gasteiger partial charge >= 0.3 is 0 Å². The van der Waals surface area contributed by atoms with E-state index in [1.165, 1.54) is 0 Å². The van der Waals surface area contributed by atoms with E-state index in [0.717, 1.165) is 25.1 Å². The molecular formula is C13H18N2O. The SMILES string of the molecule is CNCC1(c2ccccn2)CCC(=O)CC1. The molecule has 0 saturated heterocycles. The summed E-state index contributed by atoms with van der Waals surface area (Å²) in [6.07, 6.45) is 5.06. The maximum atomic E-state index is 11.3. The molecule has 0 unspecified atom stereocenters. The quantitative estimate of drug-likeness (QED) is 0.839. The number of likely N-dealkylation sites (N-methyl/N-ethyl adjacent to an activating group) is 1. The molecule has 3 nitrogen and oxygen atoms in total. The first kappa shape index (κ1) is 11.3. The minimum atomic E-state index is 0.0594. The fraction of sp³-hybridized carbons (Fsp3) is 0.538. The van der Waals surface area contributed by atoms with E-state index >= 15 is 0 Å². The smallest absolute Gasteiger partial charge is 0.132 e. The van der Waals surface area contributed by atoms with Gasteiger partial charge in [-0.2, -0.15) is 0 Å². The average molecular weight is 218 g/mol. The molecule has 1 fully saturated rings. The lowest BCUT2D eigenvalue weighted by molar-refractivity contribution is -0.121. The van der Waals surface area contributed by atoms with E-state index in [1.807, 2.05) is 25.4 Å². The normalized spacial score (nSPS) is 19.7. The van der Waals surface area contributed by atoms with Crippen LogP contribution in [0.5, 0.6) is 0 Å². The molecular weight excluding hydrogens is 200 g/mol. The highest BCUT2D eigenvalue weighted by atomic mass is 16.1. The summed E-state index contributed by atoms with van der Waals surface area (Å²) in [5.74, 6) is 0.391. The lowest BCUT2D eigenvalue weighted by Crippen LogP contribution is -2.41. The molecule has 1 aromatic rings. The lowest BCUT2D eigenvalue weighted by atomic mass is 9.71. The first-order chi connectivity index (χ1) is 7.77. The zero-order valence-corrected chi connectivity index (χ0v) is 9.70. The summed E-state index contributed by atoms with van der Waals surface area (Å²) in [7, 11) is 1.96. The molecule has 1 saturated carbocycles. The standard InChI is InChI=1S/C13H18N2O/c1-14-10-13(7-5-11(16)6-8-13)12-4-2-3-9-15-12/h2-4,9,14H,5-8,10H2,1H3. The second-order valence-corrected chi connectivity index (χ2v) is 4.56. The second kappa shape index (κ2) is 4.74. The third-order valence-corrected chi connectivity index (χ3v) is 3.49. The van der Waals surface area contributed by atoms with E-state index in [9.17, 15) is 4.79 Å². The van der Waals surface area contributed by atoms with Crippen molar-refractivity contribution in [2.75, 3.05) is 13.6 Å². The Morgan fingerprint density at radius 2 is 2.12 bits per heavy atom. The number of hydrogen-bond acceptors (Lipinski definition) is 3. The summed E-state index contributed by atoms with van der Waals surface area (Å²) >= 11 is 0. The van der Waals surface area contributed by atoms with Crippen molar-refractivity contribution in [2.45, 2.75) is 31.1 Å². The maximum absolute atomic E-state index is 11.3. The van der Waals surface area contributed by atoms with Crippen molar-refractivity contribution in [1.82, 2.24) is 10.3 Å². The van der Waals surface area contributed by atoms with Gasteiger partial charge in [-0.05, 0) is 32.0 Å². The molecule has 1 N–H and O–H groups in total. The molecule has 0 aromatic carbocycles. The zero-order valence-electron chi connectivity index (χ0n) is 9.70. The number of carbonyl (C=O) groups is 1. The largest absolute Gasteiger partial charge is 0.319 e. The van der Waals surface area contributed by atoms with Crippen molar-refractivity contribution in [3.8, 4) is 0 Å². The molecule has 0 radical (unpaired) electrons. The Morgan fingerprint density at radius 1 is 1.38 bits per heavy atom. The third kappa shape index (κ3) is 2.14. The van der Waals surface area contributed by atoms with Gasteiger partial charge in [-0.1, -0.05) is 6.07 Å². The van der Waals surface area contributed by atoms with Crippen LogP contribution in [-0.4, -0.2) is 24.4 Å². The van der Waals surface area contributed by atoms with Gasteiger partial charge in [0, 0.05) is 36.7 Å². The van der Waals surface area contributed by atoms with E-state index < -0.39 is 0 Å². The molecule has 1 aromatic heterocycles. The van der Waals surface area contributed by atoms with Crippen LogP contribution >= 0.6 is 0 Å². The highest BCUT2D eigenvalue weighted by Crippen LogP contribution is 2.36. The van der Waals surface area contributed by atoms with Crippen LogP contribution in [0.4, 0.5) is 0 Å². The highest BCUT2D eigenvalue weighted by Gasteiger charge is 2.36. The number of hydrogen-bond donors (Lipinski definition) is 1. The van der Waals surface area contributed by atoms with Gasteiger partial charge in [-0.25, -0.2) is 0 Å². The number of rotatable bonds is 3. The number of pyridine rings is 1. The van der Waals surface area contributed by atoms with E-state index in [1.54, 1.807) is 0 Å². The maximum Gasteiger partial charge on any atom is 0.132 e. The summed E-state index contributed by atoms with van der Waals surface area (Å²) < 4.78 is 0. The molecule has 1 heterocycles. The highest BCUT2D eigenvalue weighted by molar-refractivity contribution is 5.79. The van der Waals surface area contributed by atoms with Gasteiger partial charge < -0.3 is 5.32 Å². The lowest BCUT2D eigenvalue weighted by Gasteiger charge is -2.36. The number of carbonyl (C=O) groups excluding carboxylic acids is 1. The predicted octanol–water partition coefficient (Wildman–Crippen LogP) is 1.68. The summed E-state index contributed by atoms with van der Waals surface area (Å²) in [4.78, 5) is 15.8. The van der Waals surface area contributed by atoms with Crippen LogP contribution in [0.15, 0.2) is 24.4 Å². The molecule has 3 heteroatoms. The number of ketones is 1. The molecule has 86 valence electrons. The molecule has 16 heavy (non-hydrogen) atoms. The van der Waals surface area contributed by atoms with E-state index in [0.29, 0.717) is 18.6 Å². The second-order valence-electron chi connectivity index (χ2n) is 4.56. The van der Waals surface area contributed by atoms with Crippen molar-refractivity contribution in [1.29, 1.82) is 0 Å². The minimum Gasteiger partial charge on any atom is -0.319 e. The fourth-order valence-electron chi connectivity index (χ4n) is 2.55. The minimum absolute atomic E-state index is 0.0594. The Balaban J connectivity index is 2.25. The van der Waals surface area contributed by atoms with Gasteiger partial charge in [0.05, 0.1) is 0 Å². The predicted molar refractivity (Wildman–Crippen MR) is 63.3 cm³/mol. The Labute approximate surface area is 96.3 Å². The number of nitrogens with one attached hydrogen (secondary N) is 1. The average Bonchev–Trinajstić information content (AvgIpc) is 2.34. The van der Waals surface area contributed by atoms with Gasteiger partial charge in [-0.3, -0.25) is 9.78 Å². The topological polar surface area (TPSA) is 42.0 Å². The molecule has 0 aliphatic heterocycles. The van der Waals surface area contributed by atoms with Crippen LogP contribution in [0.1, 0.15) is 31.4 Å². The first-order valence-electron chi connectivity index (χ1n) is 5.85. The van der Waals surface area contributed by atoms with Crippen molar-refractivity contribution in [2.24, 2.45) is 0 Å². The van der Waals surface area contributed by atoms with Gasteiger partial charge in [0.2, 0.25) is 0 Å². The monoisotopic (exact) mass is 218 g/mol. The third-order valence-electron chi connectivity index (χ3n) is 3.49. The van der Waals surface area contributed by atoms with Crippen LogP contribution in [0.25, 0.3) is 0 Å². The fourth-order valence-corrected chi connectivity index (χ4v) is 2.55. The Hall–Kier alpha value is -1.22. The van der Waals surface area contributed by atoms with Gasteiger partial charge in [0.1, 0.15) is 5.78 Å². The van der Waals surface area contributed by atoms with Crippen molar-refractivity contribution in [3.63, 3.8) is 0 Å². The molecule has 1 aliphatic carbocycles. The molecule has 0 amide bonds. The first-order valence-corrected chi connectivity index (χ1v) is 5.85. The van der Waals surface area contributed by atoms with E-state index in [-0.39, 0.29) is 5.41 Å².